The number of carbonyl (C=O) groups is 1. The number of hydrogen-bond acceptors (Lipinski definition) is 6. The molecule has 1 aromatic rings. The number of carboxylic acids is 1. The Kier molecular flexibility index (Phi) is 8.38. The van der Waals surface area contributed by atoms with Crippen LogP contribution in [0.1, 0.15) is 52.4 Å². The van der Waals surface area contributed by atoms with Crippen molar-refractivity contribution >= 4 is 33.3 Å². The Morgan fingerprint density at radius 2 is 1.97 bits per heavy atom. The van der Waals surface area contributed by atoms with Crippen LogP contribution in [0.25, 0.3) is 0 Å². The molecule has 6 nitrogen and oxygen atoms in total. The Hall–Kier alpha value is -1.62. The van der Waals surface area contributed by atoms with Gasteiger partial charge in [-0.1, -0.05) is 12.8 Å². The van der Waals surface area contributed by atoms with Crippen LogP contribution in [0.4, 0.5) is 18.9 Å². The molecule has 1 N–H and O–H groups in total. The van der Waals surface area contributed by atoms with Gasteiger partial charge in [0.2, 0.25) is 21.3 Å². The van der Waals surface area contributed by atoms with Crippen molar-refractivity contribution in [3.05, 3.63) is 12.1 Å². The van der Waals surface area contributed by atoms with Crippen molar-refractivity contribution in [1.29, 1.82) is 0 Å². The van der Waals surface area contributed by atoms with Crippen molar-refractivity contribution in [3.63, 3.8) is 0 Å². The lowest BCUT2D eigenvalue weighted by molar-refractivity contribution is -0.142. The summed E-state index contributed by atoms with van der Waals surface area (Å²) in [5, 5.41) is 9.14. The number of benzene rings is 1. The fourth-order valence-corrected chi connectivity index (χ4v) is 6.83. The summed E-state index contributed by atoms with van der Waals surface area (Å²) in [5.41, 5.74) is -1.96. The maximum absolute atomic E-state index is 15.6. The molecule has 192 valence electrons. The monoisotopic (exact) mass is 523 g/mol. The van der Waals surface area contributed by atoms with Gasteiger partial charge in [0.05, 0.1) is 21.4 Å². The van der Waals surface area contributed by atoms with Crippen LogP contribution >= 0.6 is 11.8 Å². The number of halogens is 3. The summed E-state index contributed by atoms with van der Waals surface area (Å²) in [7, 11) is -4.50. The zero-order valence-electron chi connectivity index (χ0n) is 19.6. The number of nitrogens with zero attached hydrogens (tertiary/aromatic N) is 1. The van der Waals surface area contributed by atoms with Crippen molar-refractivity contribution in [1.82, 2.24) is 0 Å². The zero-order chi connectivity index (χ0) is 25.3. The number of rotatable bonds is 9. The Morgan fingerprint density at radius 3 is 2.53 bits per heavy atom. The summed E-state index contributed by atoms with van der Waals surface area (Å²) in [6.07, 6.45) is 4.49. The molecule has 0 spiro atoms. The molecule has 0 aromatic heterocycles. The molecule has 34 heavy (non-hydrogen) atoms. The van der Waals surface area contributed by atoms with E-state index in [1.165, 1.54) is 24.8 Å². The summed E-state index contributed by atoms with van der Waals surface area (Å²) in [4.78, 5) is 13.4. The van der Waals surface area contributed by atoms with Crippen LogP contribution < -0.4 is 9.64 Å². The van der Waals surface area contributed by atoms with Gasteiger partial charge in [-0.2, -0.15) is 0 Å². The quantitative estimate of drug-likeness (QED) is 0.435. The zero-order valence-corrected chi connectivity index (χ0v) is 21.2. The van der Waals surface area contributed by atoms with E-state index in [2.05, 4.69) is 0 Å². The van der Waals surface area contributed by atoms with Gasteiger partial charge in [0, 0.05) is 31.0 Å². The number of thioether (sulfide) groups is 1. The number of carboxylic acid groups (broad SMARTS) is 1. The molecule has 1 aromatic carbocycles. The number of fused-ring (bicyclic) bond motifs is 1. The largest absolute Gasteiger partial charge is 0.491 e. The van der Waals surface area contributed by atoms with Crippen LogP contribution in [0.2, 0.25) is 0 Å². The third kappa shape index (κ3) is 5.95. The van der Waals surface area contributed by atoms with Crippen molar-refractivity contribution < 1.29 is 36.2 Å². The summed E-state index contributed by atoms with van der Waals surface area (Å²) in [6.45, 7) is 2.08. The molecule has 1 aliphatic heterocycles. The fourth-order valence-electron chi connectivity index (χ4n) is 4.57. The lowest BCUT2D eigenvalue weighted by atomic mass is 9.99. The average molecular weight is 524 g/mol. The number of anilines is 1. The Morgan fingerprint density at radius 1 is 1.32 bits per heavy atom. The SMILES string of the molecule is CSc1cc2c(cc1OC[C@@H](C)C(=O)O)S(=O)(=O)[C@@H](F)[C@@H](CCC(C)(F)F)CN2C1CCCC1. The first kappa shape index (κ1) is 27.0. The highest BCUT2D eigenvalue weighted by Crippen LogP contribution is 2.45. The van der Waals surface area contributed by atoms with Crippen LogP contribution in [-0.2, 0) is 14.6 Å². The minimum Gasteiger partial charge on any atom is -0.491 e. The van der Waals surface area contributed by atoms with Crippen LogP contribution in [0.15, 0.2) is 21.9 Å². The van der Waals surface area contributed by atoms with E-state index >= 15 is 4.39 Å². The summed E-state index contributed by atoms with van der Waals surface area (Å²) in [5.74, 6) is -5.83. The molecule has 0 saturated heterocycles. The molecule has 1 aliphatic carbocycles. The van der Waals surface area contributed by atoms with E-state index in [9.17, 15) is 22.0 Å². The molecule has 11 heteroatoms. The van der Waals surface area contributed by atoms with Crippen LogP contribution in [0.5, 0.6) is 5.75 Å². The third-order valence-corrected chi connectivity index (χ3v) is 9.27. The lowest BCUT2D eigenvalue weighted by Gasteiger charge is -2.33. The predicted octanol–water partition coefficient (Wildman–Crippen LogP) is 5.39. The predicted molar refractivity (Wildman–Crippen MR) is 126 cm³/mol. The number of alkyl halides is 3. The fraction of sp³-hybridized carbons (Fsp3) is 0.696. The van der Waals surface area contributed by atoms with Crippen molar-refractivity contribution in [2.75, 3.05) is 24.3 Å². The number of ether oxygens (including phenoxy) is 1. The van der Waals surface area contributed by atoms with Crippen LogP contribution in [-0.4, -0.2) is 56.4 Å². The molecular formula is C23H32F3NO5S2. The van der Waals surface area contributed by atoms with Crippen LogP contribution in [0.3, 0.4) is 0 Å². The topological polar surface area (TPSA) is 83.9 Å². The summed E-state index contributed by atoms with van der Waals surface area (Å²) < 4.78 is 75.1. The molecule has 1 heterocycles. The molecule has 0 amide bonds. The molecule has 2 aliphatic rings. The average Bonchev–Trinajstić information content (AvgIpc) is 3.28. The first-order valence-electron chi connectivity index (χ1n) is 11.4. The highest BCUT2D eigenvalue weighted by atomic mass is 32.2. The lowest BCUT2D eigenvalue weighted by Crippen LogP contribution is -2.39. The number of sulfone groups is 1. The normalized spacial score (nSPS) is 23.9. The van der Waals surface area contributed by atoms with Gasteiger partial charge in [-0.3, -0.25) is 4.79 Å². The molecular weight excluding hydrogens is 491 g/mol. The number of aliphatic carboxylic acids is 1. The molecule has 0 unspecified atom stereocenters. The molecule has 0 radical (unpaired) electrons. The van der Waals surface area contributed by atoms with Gasteiger partial charge in [0.15, 0.2) is 0 Å². The smallest absolute Gasteiger partial charge is 0.309 e. The van der Waals surface area contributed by atoms with Gasteiger partial charge in [-0.05, 0) is 45.4 Å². The van der Waals surface area contributed by atoms with E-state index in [4.69, 9.17) is 9.84 Å². The van der Waals surface area contributed by atoms with E-state index in [0.717, 1.165) is 32.6 Å². The third-order valence-electron chi connectivity index (χ3n) is 6.59. The number of hydrogen-bond donors (Lipinski definition) is 1. The van der Waals surface area contributed by atoms with Gasteiger partial charge >= 0.3 is 5.97 Å². The van der Waals surface area contributed by atoms with Crippen molar-refractivity contribution in [2.24, 2.45) is 11.8 Å². The highest BCUT2D eigenvalue weighted by Gasteiger charge is 2.44. The van der Waals surface area contributed by atoms with E-state index in [1.807, 2.05) is 4.90 Å². The molecule has 3 rings (SSSR count). The summed E-state index contributed by atoms with van der Waals surface area (Å²) >= 11 is 1.31. The standard InChI is InChI=1S/C23H32F3NO5S2/c1-14(22(28)29)13-32-18-11-20-17(10-19(18)33-3)27(16-6-4-5-7-16)12-15(8-9-23(2,25)26)21(24)34(20,30)31/h10-11,14-16,21H,4-9,12-13H2,1-3H3,(H,28,29)/t14-,15+,21-/m1/s1. The van der Waals surface area contributed by atoms with E-state index < -0.39 is 45.5 Å². The highest BCUT2D eigenvalue weighted by molar-refractivity contribution is 7.98. The first-order valence-corrected chi connectivity index (χ1v) is 14.2. The Balaban J connectivity index is 2.07. The molecule has 0 bridgehead atoms. The van der Waals surface area contributed by atoms with Gasteiger partial charge in [0.1, 0.15) is 12.4 Å². The minimum absolute atomic E-state index is 0.00241. The van der Waals surface area contributed by atoms with Crippen molar-refractivity contribution in [3.8, 4) is 5.75 Å². The van der Waals surface area contributed by atoms with E-state index in [-0.39, 0.29) is 36.3 Å². The maximum Gasteiger partial charge on any atom is 0.309 e. The molecule has 1 fully saturated rings. The van der Waals surface area contributed by atoms with Gasteiger partial charge in [-0.25, -0.2) is 21.6 Å². The maximum atomic E-state index is 15.6. The van der Waals surface area contributed by atoms with Gasteiger partial charge in [-0.15, -0.1) is 11.8 Å². The van der Waals surface area contributed by atoms with Gasteiger partial charge < -0.3 is 14.7 Å². The van der Waals surface area contributed by atoms with Crippen LogP contribution in [0, 0.1) is 11.8 Å². The first-order chi connectivity index (χ1) is 15.8. The molecule has 3 atom stereocenters. The van der Waals surface area contributed by atoms with E-state index in [0.29, 0.717) is 10.6 Å². The van der Waals surface area contributed by atoms with E-state index in [1.54, 1.807) is 12.3 Å². The minimum atomic E-state index is -4.50. The second-order valence-corrected chi connectivity index (χ2v) is 12.2. The molecule has 1 saturated carbocycles. The van der Waals surface area contributed by atoms with Crippen molar-refractivity contribution in [2.45, 2.75) is 79.6 Å². The summed E-state index contributed by atoms with van der Waals surface area (Å²) in [6, 6.07) is 2.92. The second kappa shape index (κ2) is 10.6. The van der Waals surface area contributed by atoms with Gasteiger partial charge in [0.25, 0.3) is 0 Å². The Bertz CT molecular complexity index is 993. The Labute approximate surface area is 203 Å². The second-order valence-electron chi connectivity index (χ2n) is 9.38.